The highest BCUT2D eigenvalue weighted by atomic mass is 16.5. The Kier molecular flexibility index (Phi) is 4.18. The number of ether oxygens (including phenoxy) is 1. The zero-order valence-electron chi connectivity index (χ0n) is 10.6. The predicted molar refractivity (Wildman–Crippen MR) is 69.3 cm³/mol. The third-order valence-electron chi connectivity index (χ3n) is 2.65. The van der Waals surface area contributed by atoms with Crippen LogP contribution in [0, 0.1) is 0 Å². The number of rotatable bonds is 5. The summed E-state index contributed by atoms with van der Waals surface area (Å²) in [5.41, 5.74) is 1.66. The molecule has 1 aromatic carbocycles. The second kappa shape index (κ2) is 6.04. The Morgan fingerprint density at radius 2 is 2.11 bits per heavy atom. The van der Waals surface area contributed by atoms with E-state index in [9.17, 15) is 9.59 Å². The number of carbonyl (C=O) groups excluding carboxylic acids is 2. The van der Waals surface area contributed by atoms with Crippen LogP contribution in [0.1, 0.15) is 18.9 Å². The molecule has 2 aromatic rings. The molecule has 0 atom stereocenters. The molecular formula is C14H15NO4. The first-order valence-corrected chi connectivity index (χ1v) is 6.08. The Morgan fingerprint density at radius 3 is 2.89 bits per heavy atom. The van der Waals surface area contributed by atoms with E-state index in [0.717, 1.165) is 16.5 Å². The van der Waals surface area contributed by atoms with Crippen LogP contribution in [0.15, 0.2) is 34.9 Å². The van der Waals surface area contributed by atoms with E-state index < -0.39 is 5.97 Å². The van der Waals surface area contributed by atoms with Crippen molar-refractivity contribution in [1.82, 2.24) is 5.32 Å². The maximum Gasteiger partial charge on any atom is 0.315 e. The largest absolute Gasteiger partial charge is 0.466 e. The topological polar surface area (TPSA) is 68.5 Å². The minimum atomic E-state index is -0.517. The normalized spacial score (nSPS) is 10.4. The molecule has 5 nitrogen and oxygen atoms in total. The third kappa shape index (κ3) is 3.34. The second-order valence-corrected chi connectivity index (χ2v) is 4.02. The number of amides is 1. The van der Waals surface area contributed by atoms with Gasteiger partial charge in [-0.1, -0.05) is 18.2 Å². The Bertz CT molecular complexity index is 588. The molecule has 5 heteroatoms. The van der Waals surface area contributed by atoms with Crippen molar-refractivity contribution in [2.75, 3.05) is 6.61 Å². The molecule has 0 aliphatic carbocycles. The fourth-order valence-electron chi connectivity index (χ4n) is 1.77. The lowest BCUT2D eigenvalue weighted by Gasteiger charge is -2.03. The van der Waals surface area contributed by atoms with E-state index in [4.69, 9.17) is 9.15 Å². The van der Waals surface area contributed by atoms with Crippen molar-refractivity contribution < 1.29 is 18.7 Å². The van der Waals surface area contributed by atoms with Gasteiger partial charge in [0, 0.05) is 17.5 Å². The lowest BCUT2D eigenvalue weighted by atomic mass is 10.2. The molecule has 0 spiro atoms. The molecule has 2 rings (SSSR count). The molecule has 0 bridgehead atoms. The standard InChI is InChI=1S/C14H15NO4/c1-2-18-14(17)7-13(16)15-8-10-9-19-12-6-4-3-5-11(10)12/h3-6,9H,2,7-8H2,1H3,(H,15,16). The lowest BCUT2D eigenvalue weighted by Crippen LogP contribution is -2.25. The van der Waals surface area contributed by atoms with Gasteiger partial charge in [-0.05, 0) is 13.0 Å². The number of hydrogen-bond acceptors (Lipinski definition) is 4. The summed E-state index contributed by atoms with van der Waals surface area (Å²) in [7, 11) is 0. The molecule has 1 aromatic heterocycles. The molecule has 0 unspecified atom stereocenters. The second-order valence-electron chi connectivity index (χ2n) is 4.02. The van der Waals surface area contributed by atoms with Crippen LogP contribution in [0.2, 0.25) is 0 Å². The van der Waals surface area contributed by atoms with Crippen molar-refractivity contribution in [1.29, 1.82) is 0 Å². The maximum absolute atomic E-state index is 11.5. The molecule has 1 amide bonds. The van der Waals surface area contributed by atoms with E-state index in [-0.39, 0.29) is 18.9 Å². The van der Waals surface area contributed by atoms with E-state index >= 15 is 0 Å². The summed E-state index contributed by atoms with van der Waals surface area (Å²) in [4.78, 5) is 22.6. The monoisotopic (exact) mass is 261 g/mol. The van der Waals surface area contributed by atoms with E-state index in [1.807, 2.05) is 24.3 Å². The Labute approximate surface area is 110 Å². The SMILES string of the molecule is CCOC(=O)CC(=O)NCc1coc2ccccc12. The van der Waals surface area contributed by atoms with Gasteiger partial charge in [0.05, 0.1) is 12.9 Å². The number of nitrogens with one attached hydrogen (secondary N) is 1. The van der Waals surface area contributed by atoms with E-state index in [2.05, 4.69) is 5.32 Å². The first-order valence-electron chi connectivity index (χ1n) is 6.08. The van der Waals surface area contributed by atoms with Gasteiger partial charge in [-0.25, -0.2) is 0 Å². The van der Waals surface area contributed by atoms with Crippen molar-refractivity contribution in [3.8, 4) is 0 Å². The molecule has 100 valence electrons. The Morgan fingerprint density at radius 1 is 1.32 bits per heavy atom. The highest BCUT2D eigenvalue weighted by Crippen LogP contribution is 2.20. The molecule has 0 aliphatic rings. The van der Waals surface area contributed by atoms with Gasteiger partial charge >= 0.3 is 5.97 Å². The average molecular weight is 261 g/mol. The number of para-hydroxylation sites is 1. The van der Waals surface area contributed by atoms with Gasteiger partial charge in [0.25, 0.3) is 0 Å². The third-order valence-corrected chi connectivity index (χ3v) is 2.65. The summed E-state index contributed by atoms with van der Waals surface area (Å²) in [5, 5.41) is 3.62. The molecule has 0 saturated carbocycles. The van der Waals surface area contributed by atoms with Crippen molar-refractivity contribution >= 4 is 22.8 Å². The summed E-state index contributed by atoms with van der Waals surface area (Å²) >= 11 is 0. The molecule has 0 fully saturated rings. The summed E-state index contributed by atoms with van der Waals surface area (Å²) in [6, 6.07) is 7.57. The molecule has 1 heterocycles. The predicted octanol–water partition coefficient (Wildman–Crippen LogP) is 2.00. The van der Waals surface area contributed by atoms with Crippen LogP contribution in [0.4, 0.5) is 0 Å². The molecule has 19 heavy (non-hydrogen) atoms. The fourth-order valence-corrected chi connectivity index (χ4v) is 1.77. The highest BCUT2D eigenvalue weighted by molar-refractivity contribution is 5.94. The minimum Gasteiger partial charge on any atom is -0.466 e. The van der Waals surface area contributed by atoms with Crippen LogP contribution >= 0.6 is 0 Å². The summed E-state index contributed by atoms with van der Waals surface area (Å²) < 4.78 is 10.1. The summed E-state index contributed by atoms with van der Waals surface area (Å²) in [6.45, 7) is 2.31. The first-order chi connectivity index (χ1) is 9.20. The van der Waals surface area contributed by atoms with Gasteiger partial charge in [0.1, 0.15) is 12.0 Å². The number of furan rings is 1. The zero-order valence-corrected chi connectivity index (χ0v) is 10.6. The fraction of sp³-hybridized carbons (Fsp3) is 0.286. The van der Waals surface area contributed by atoms with Crippen molar-refractivity contribution in [3.63, 3.8) is 0 Å². The van der Waals surface area contributed by atoms with Gasteiger partial charge in [-0.3, -0.25) is 9.59 Å². The molecule has 1 N–H and O–H groups in total. The van der Waals surface area contributed by atoms with Crippen molar-refractivity contribution in [2.24, 2.45) is 0 Å². The molecule has 0 saturated heterocycles. The van der Waals surface area contributed by atoms with Crippen LogP contribution in [0.3, 0.4) is 0 Å². The number of hydrogen-bond donors (Lipinski definition) is 1. The van der Waals surface area contributed by atoms with Crippen LogP contribution in [0.5, 0.6) is 0 Å². The van der Waals surface area contributed by atoms with E-state index in [0.29, 0.717) is 6.54 Å². The number of fused-ring (bicyclic) bond motifs is 1. The lowest BCUT2D eigenvalue weighted by molar-refractivity contribution is -0.145. The van der Waals surface area contributed by atoms with Crippen LogP contribution in [-0.2, 0) is 20.9 Å². The van der Waals surface area contributed by atoms with Crippen LogP contribution in [0.25, 0.3) is 11.0 Å². The Balaban J connectivity index is 1.92. The number of esters is 1. The minimum absolute atomic E-state index is 0.260. The van der Waals surface area contributed by atoms with E-state index in [1.54, 1.807) is 13.2 Å². The van der Waals surface area contributed by atoms with Crippen LogP contribution in [-0.4, -0.2) is 18.5 Å². The zero-order chi connectivity index (χ0) is 13.7. The van der Waals surface area contributed by atoms with Gasteiger partial charge in [0.2, 0.25) is 5.91 Å². The van der Waals surface area contributed by atoms with E-state index in [1.165, 1.54) is 0 Å². The van der Waals surface area contributed by atoms with Gasteiger partial charge in [0.15, 0.2) is 0 Å². The van der Waals surface area contributed by atoms with Gasteiger partial charge in [-0.15, -0.1) is 0 Å². The first kappa shape index (κ1) is 13.1. The molecular weight excluding hydrogens is 246 g/mol. The highest BCUT2D eigenvalue weighted by Gasteiger charge is 2.11. The quantitative estimate of drug-likeness (QED) is 0.660. The van der Waals surface area contributed by atoms with Crippen molar-refractivity contribution in [2.45, 2.75) is 19.9 Å². The molecule has 0 radical (unpaired) electrons. The number of carbonyl (C=O) groups is 2. The summed E-state index contributed by atoms with van der Waals surface area (Å²) in [5.74, 6) is -0.874. The average Bonchev–Trinajstić information content (AvgIpc) is 2.80. The smallest absolute Gasteiger partial charge is 0.315 e. The van der Waals surface area contributed by atoms with Gasteiger partial charge in [-0.2, -0.15) is 0 Å². The number of benzene rings is 1. The van der Waals surface area contributed by atoms with Crippen molar-refractivity contribution in [3.05, 3.63) is 36.1 Å². The van der Waals surface area contributed by atoms with Gasteiger partial charge < -0.3 is 14.5 Å². The maximum atomic E-state index is 11.5. The molecule has 0 aliphatic heterocycles. The summed E-state index contributed by atoms with van der Waals surface area (Å²) in [6.07, 6.45) is 1.35. The Hall–Kier alpha value is -2.30. The van der Waals surface area contributed by atoms with Crippen LogP contribution < -0.4 is 5.32 Å².